The Hall–Kier alpha value is -0.380. The highest BCUT2D eigenvalue weighted by atomic mass is 16.5. The third-order valence-electron chi connectivity index (χ3n) is 2.87. The number of nitrogens with zero attached hydrogens (tertiary/aromatic N) is 1. The summed E-state index contributed by atoms with van der Waals surface area (Å²) in [5.74, 6) is 0. The van der Waals surface area contributed by atoms with Crippen molar-refractivity contribution in [2.45, 2.75) is 26.3 Å². The van der Waals surface area contributed by atoms with Crippen LogP contribution >= 0.6 is 0 Å². The molecule has 1 atom stereocenters. The van der Waals surface area contributed by atoms with Crippen molar-refractivity contribution in [2.75, 3.05) is 39.4 Å². The van der Waals surface area contributed by atoms with Gasteiger partial charge in [-0.25, -0.2) is 0 Å². The van der Waals surface area contributed by atoms with Crippen LogP contribution in [0.15, 0.2) is 12.2 Å². The molecule has 15 heavy (non-hydrogen) atoms. The molecule has 0 aliphatic carbocycles. The smallest absolute Gasteiger partial charge is 0.0622 e. The number of likely N-dealkylation sites (N-methyl/N-ethyl adjacent to an activating group) is 1. The predicted octanol–water partition coefficient (Wildman–Crippen LogP) is 1.26. The molecule has 0 radical (unpaired) electrons. The molecule has 0 bridgehead atoms. The van der Waals surface area contributed by atoms with Crippen molar-refractivity contribution >= 4 is 0 Å². The number of nitrogens with one attached hydrogen (secondary N) is 1. The van der Waals surface area contributed by atoms with Crippen molar-refractivity contribution in [1.82, 2.24) is 10.2 Å². The minimum Gasteiger partial charge on any atom is -0.378 e. The summed E-state index contributed by atoms with van der Waals surface area (Å²) in [5.41, 5.74) is 1.28. The molecule has 1 aliphatic heterocycles. The zero-order valence-electron chi connectivity index (χ0n) is 10.1. The third kappa shape index (κ3) is 4.33. The van der Waals surface area contributed by atoms with Gasteiger partial charge in [-0.1, -0.05) is 20.4 Å². The van der Waals surface area contributed by atoms with E-state index in [2.05, 4.69) is 30.6 Å². The Bertz CT molecular complexity index is 194. The summed E-state index contributed by atoms with van der Waals surface area (Å²) in [6, 6.07) is 0.581. The topological polar surface area (TPSA) is 24.5 Å². The lowest BCUT2D eigenvalue weighted by Crippen LogP contribution is -2.46. The van der Waals surface area contributed by atoms with Gasteiger partial charge in [0.25, 0.3) is 0 Å². The van der Waals surface area contributed by atoms with Gasteiger partial charge in [0, 0.05) is 25.7 Å². The Morgan fingerprint density at radius 1 is 1.53 bits per heavy atom. The summed E-state index contributed by atoms with van der Waals surface area (Å²) >= 11 is 0. The van der Waals surface area contributed by atoms with Gasteiger partial charge in [-0.3, -0.25) is 4.90 Å². The highest BCUT2D eigenvalue weighted by Crippen LogP contribution is 2.11. The summed E-state index contributed by atoms with van der Waals surface area (Å²) in [7, 11) is 0. The fraction of sp³-hybridized carbons (Fsp3) is 0.833. The maximum atomic E-state index is 5.48. The zero-order chi connectivity index (χ0) is 11.1. The van der Waals surface area contributed by atoms with Gasteiger partial charge in [0.1, 0.15) is 0 Å². The number of rotatable bonds is 6. The van der Waals surface area contributed by atoms with E-state index in [1.807, 2.05) is 0 Å². The Morgan fingerprint density at radius 3 is 3.00 bits per heavy atom. The number of hydrogen-bond acceptors (Lipinski definition) is 3. The van der Waals surface area contributed by atoms with Gasteiger partial charge in [-0.2, -0.15) is 0 Å². The predicted molar refractivity (Wildman–Crippen MR) is 64.2 cm³/mol. The SMILES string of the molecule is C=C(CNCC)CN1CCOCC1CC. The van der Waals surface area contributed by atoms with Crippen LogP contribution in [0.25, 0.3) is 0 Å². The van der Waals surface area contributed by atoms with Crippen molar-refractivity contribution in [3.05, 3.63) is 12.2 Å². The quantitative estimate of drug-likeness (QED) is 0.671. The molecule has 1 aliphatic rings. The van der Waals surface area contributed by atoms with Crippen LogP contribution in [-0.4, -0.2) is 50.3 Å². The fourth-order valence-corrected chi connectivity index (χ4v) is 1.92. The normalized spacial score (nSPS) is 22.9. The lowest BCUT2D eigenvalue weighted by Gasteiger charge is -2.35. The monoisotopic (exact) mass is 212 g/mol. The van der Waals surface area contributed by atoms with Crippen LogP contribution in [0.5, 0.6) is 0 Å². The Kier molecular flexibility index (Phi) is 5.91. The van der Waals surface area contributed by atoms with E-state index in [0.29, 0.717) is 6.04 Å². The first kappa shape index (κ1) is 12.7. The average Bonchev–Trinajstić information content (AvgIpc) is 2.27. The van der Waals surface area contributed by atoms with Crippen LogP contribution < -0.4 is 5.32 Å². The standard InChI is InChI=1S/C12H24N2O/c1-4-12-10-15-7-6-14(12)9-11(3)8-13-5-2/h12-13H,3-10H2,1-2H3. The van der Waals surface area contributed by atoms with E-state index < -0.39 is 0 Å². The first-order chi connectivity index (χ1) is 7.27. The lowest BCUT2D eigenvalue weighted by atomic mass is 10.1. The maximum Gasteiger partial charge on any atom is 0.0622 e. The fourth-order valence-electron chi connectivity index (χ4n) is 1.92. The van der Waals surface area contributed by atoms with Crippen LogP contribution in [0.3, 0.4) is 0 Å². The second-order valence-electron chi connectivity index (χ2n) is 4.14. The molecule has 0 aromatic heterocycles. The summed E-state index contributed by atoms with van der Waals surface area (Å²) in [6.45, 7) is 14.2. The molecule has 1 heterocycles. The van der Waals surface area contributed by atoms with E-state index in [1.165, 1.54) is 5.57 Å². The van der Waals surface area contributed by atoms with Gasteiger partial charge < -0.3 is 10.1 Å². The second-order valence-corrected chi connectivity index (χ2v) is 4.14. The van der Waals surface area contributed by atoms with Gasteiger partial charge in [0.05, 0.1) is 13.2 Å². The summed E-state index contributed by atoms with van der Waals surface area (Å²) in [4.78, 5) is 2.49. The van der Waals surface area contributed by atoms with Gasteiger partial charge in [-0.15, -0.1) is 0 Å². The zero-order valence-corrected chi connectivity index (χ0v) is 10.1. The maximum absolute atomic E-state index is 5.48. The van der Waals surface area contributed by atoms with Crippen LogP contribution in [0.4, 0.5) is 0 Å². The number of ether oxygens (including phenoxy) is 1. The van der Waals surface area contributed by atoms with Crippen molar-refractivity contribution in [3.8, 4) is 0 Å². The molecule has 0 spiro atoms. The Balaban J connectivity index is 2.30. The molecular weight excluding hydrogens is 188 g/mol. The van der Waals surface area contributed by atoms with E-state index >= 15 is 0 Å². The highest BCUT2D eigenvalue weighted by Gasteiger charge is 2.21. The number of morpholine rings is 1. The van der Waals surface area contributed by atoms with Crippen molar-refractivity contribution in [3.63, 3.8) is 0 Å². The van der Waals surface area contributed by atoms with E-state index in [1.54, 1.807) is 0 Å². The summed E-state index contributed by atoms with van der Waals surface area (Å²) in [6.07, 6.45) is 1.16. The molecule has 1 N–H and O–H groups in total. The lowest BCUT2D eigenvalue weighted by molar-refractivity contribution is -0.00409. The molecule has 1 rings (SSSR count). The molecule has 3 nitrogen and oxygen atoms in total. The van der Waals surface area contributed by atoms with Crippen LogP contribution in [-0.2, 0) is 4.74 Å². The van der Waals surface area contributed by atoms with Crippen LogP contribution in [0, 0.1) is 0 Å². The van der Waals surface area contributed by atoms with Crippen LogP contribution in [0.2, 0.25) is 0 Å². The first-order valence-electron chi connectivity index (χ1n) is 5.97. The molecule has 0 amide bonds. The molecule has 0 aromatic carbocycles. The van der Waals surface area contributed by atoms with Gasteiger partial charge in [-0.05, 0) is 18.5 Å². The average molecular weight is 212 g/mol. The number of hydrogen-bond donors (Lipinski definition) is 1. The highest BCUT2D eigenvalue weighted by molar-refractivity contribution is 5.01. The van der Waals surface area contributed by atoms with E-state index in [0.717, 1.165) is 45.8 Å². The molecule has 0 aromatic rings. The molecule has 88 valence electrons. The summed E-state index contributed by atoms with van der Waals surface area (Å²) in [5, 5.41) is 3.31. The Morgan fingerprint density at radius 2 is 2.33 bits per heavy atom. The molecule has 0 saturated carbocycles. The van der Waals surface area contributed by atoms with Gasteiger partial charge in [0.2, 0.25) is 0 Å². The minimum atomic E-state index is 0.581. The van der Waals surface area contributed by atoms with Crippen molar-refractivity contribution in [2.24, 2.45) is 0 Å². The van der Waals surface area contributed by atoms with Gasteiger partial charge >= 0.3 is 0 Å². The minimum absolute atomic E-state index is 0.581. The first-order valence-corrected chi connectivity index (χ1v) is 5.97. The second kappa shape index (κ2) is 6.99. The van der Waals surface area contributed by atoms with E-state index in [9.17, 15) is 0 Å². The molecule has 1 unspecified atom stereocenters. The third-order valence-corrected chi connectivity index (χ3v) is 2.87. The molecule has 1 fully saturated rings. The summed E-state index contributed by atoms with van der Waals surface area (Å²) < 4.78 is 5.48. The van der Waals surface area contributed by atoms with Crippen molar-refractivity contribution < 1.29 is 4.74 Å². The molecule has 1 saturated heterocycles. The molecular formula is C12H24N2O. The van der Waals surface area contributed by atoms with E-state index in [4.69, 9.17) is 4.74 Å². The molecule has 3 heteroatoms. The Labute approximate surface area is 93.5 Å². The van der Waals surface area contributed by atoms with Crippen molar-refractivity contribution in [1.29, 1.82) is 0 Å². The van der Waals surface area contributed by atoms with Gasteiger partial charge in [0.15, 0.2) is 0 Å². The largest absolute Gasteiger partial charge is 0.378 e. The van der Waals surface area contributed by atoms with E-state index in [-0.39, 0.29) is 0 Å². The van der Waals surface area contributed by atoms with Crippen LogP contribution in [0.1, 0.15) is 20.3 Å².